The van der Waals surface area contributed by atoms with Gasteiger partial charge in [0.05, 0.1) is 6.61 Å². The molecule has 1 fully saturated rings. The van der Waals surface area contributed by atoms with Crippen LogP contribution in [0.15, 0.2) is 0 Å². The molecule has 1 aromatic heterocycles. The van der Waals surface area contributed by atoms with Gasteiger partial charge in [-0.25, -0.2) is 13.6 Å². The molecule has 0 amide bonds. The Bertz CT molecular complexity index is 613. The molecular weight excluding hydrogens is 340 g/mol. The van der Waals surface area contributed by atoms with Crippen LogP contribution in [-0.2, 0) is 17.2 Å². The molecule has 144 valence electrons. The zero-order valence-electron chi connectivity index (χ0n) is 15.6. The highest BCUT2D eigenvalue weighted by Crippen LogP contribution is 2.52. The first kappa shape index (κ1) is 21.4. The summed E-state index contributed by atoms with van der Waals surface area (Å²) in [6.07, 6.45) is -0.724. The van der Waals surface area contributed by atoms with Crippen LogP contribution in [-0.4, -0.2) is 28.3 Å². The van der Waals surface area contributed by atoms with Gasteiger partial charge in [0.15, 0.2) is 0 Å². The summed E-state index contributed by atoms with van der Waals surface area (Å²) in [5.41, 5.74) is -1.40. The van der Waals surface area contributed by atoms with Gasteiger partial charge in [-0.05, 0) is 19.3 Å². The van der Waals surface area contributed by atoms with Crippen LogP contribution in [0.4, 0.5) is 17.6 Å². The molecule has 0 N–H and O–H groups in total. The maximum absolute atomic E-state index is 13.7. The number of aromatic nitrogens is 2. The molecule has 0 atom stereocenters. The second-order valence-electron chi connectivity index (χ2n) is 6.61. The Morgan fingerprint density at radius 2 is 1.84 bits per heavy atom. The number of carbonyl (C=O) groups excluding carboxylic acids is 1. The zero-order valence-corrected chi connectivity index (χ0v) is 15.6. The van der Waals surface area contributed by atoms with E-state index in [-0.39, 0.29) is 37.3 Å². The average molecular weight is 366 g/mol. The summed E-state index contributed by atoms with van der Waals surface area (Å²) < 4.78 is 59.6. The number of hydrogen-bond donors (Lipinski definition) is 0. The fraction of sp³-hybridized carbons (Fsp3) is 0.765. The minimum Gasteiger partial charge on any atom is -0.461 e. The highest BCUT2D eigenvalue weighted by Gasteiger charge is 2.54. The SMILES string of the molecule is CC.CCOC(=O)c1c(C)c(C(C)(F)F)nn1CC1(C)CC(F)(F)C1. The lowest BCUT2D eigenvalue weighted by Gasteiger charge is -2.44. The van der Waals surface area contributed by atoms with Gasteiger partial charge in [0, 0.05) is 31.9 Å². The smallest absolute Gasteiger partial charge is 0.356 e. The fourth-order valence-electron chi connectivity index (χ4n) is 3.21. The molecule has 1 aromatic rings. The van der Waals surface area contributed by atoms with Gasteiger partial charge in [-0.2, -0.15) is 13.9 Å². The van der Waals surface area contributed by atoms with Crippen LogP contribution in [0.1, 0.15) is 69.2 Å². The van der Waals surface area contributed by atoms with E-state index < -0.39 is 28.9 Å². The summed E-state index contributed by atoms with van der Waals surface area (Å²) in [7, 11) is 0. The van der Waals surface area contributed by atoms with Gasteiger partial charge in [-0.15, -0.1) is 0 Å². The van der Waals surface area contributed by atoms with Crippen molar-refractivity contribution in [2.45, 2.75) is 72.8 Å². The Kier molecular flexibility index (Phi) is 6.29. The molecular formula is C17H26F4N2O2. The first-order valence-corrected chi connectivity index (χ1v) is 8.39. The molecule has 0 spiro atoms. The maximum atomic E-state index is 13.7. The van der Waals surface area contributed by atoms with Crippen molar-refractivity contribution >= 4 is 5.97 Å². The third-order valence-corrected chi connectivity index (χ3v) is 3.98. The summed E-state index contributed by atoms with van der Waals surface area (Å²) in [6, 6.07) is 0. The highest BCUT2D eigenvalue weighted by molar-refractivity contribution is 5.89. The average Bonchev–Trinajstić information content (AvgIpc) is 2.75. The number of nitrogens with zero attached hydrogens (tertiary/aromatic N) is 2. The summed E-state index contributed by atoms with van der Waals surface area (Å²) >= 11 is 0. The quantitative estimate of drug-likeness (QED) is 0.548. The van der Waals surface area contributed by atoms with Gasteiger partial charge in [-0.3, -0.25) is 4.68 Å². The molecule has 4 nitrogen and oxygen atoms in total. The predicted octanol–water partition coefficient (Wildman–Crippen LogP) is 4.94. The number of ether oxygens (including phenoxy) is 1. The van der Waals surface area contributed by atoms with Crippen LogP contribution in [0.3, 0.4) is 0 Å². The van der Waals surface area contributed by atoms with Crippen LogP contribution >= 0.6 is 0 Å². The van der Waals surface area contributed by atoms with E-state index in [2.05, 4.69) is 5.10 Å². The van der Waals surface area contributed by atoms with E-state index >= 15 is 0 Å². The van der Waals surface area contributed by atoms with Gasteiger partial charge in [-0.1, -0.05) is 20.8 Å². The molecule has 0 radical (unpaired) electrons. The van der Waals surface area contributed by atoms with Crippen molar-refractivity contribution in [1.29, 1.82) is 0 Å². The molecule has 0 aliphatic heterocycles. The standard InChI is InChI=1S/C15H20F4N2O2.C2H6/c1-5-23-12(22)10-9(2)11(14(4,16)17)20-21(10)8-13(3)6-15(18,19)7-13;1-2/h5-8H2,1-4H3;1-2H3. The van der Waals surface area contributed by atoms with Crippen molar-refractivity contribution in [1.82, 2.24) is 9.78 Å². The van der Waals surface area contributed by atoms with Crippen molar-refractivity contribution in [2.24, 2.45) is 5.41 Å². The van der Waals surface area contributed by atoms with Gasteiger partial charge in [0.1, 0.15) is 11.4 Å². The second-order valence-corrected chi connectivity index (χ2v) is 6.61. The van der Waals surface area contributed by atoms with Crippen molar-refractivity contribution in [3.63, 3.8) is 0 Å². The van der Waals surface area contributed by atoms with Gasteiger partial charge < -0.3 is 4.74 Å². The number of alkyl halides is 4. The molecule has 8 heteroatoms. The van der Waals surface area contributed by atoms with Crippen molar-refractivity contribution in [2.75, 3.05) is 6.61 Å². The maximum Gasteiger partial charge on any atom is 0.356 e. The summed E-state index contributed by atoms with van der Waals surface area (Å²) in [5.74, 6) is -6.76. The Hall–Kier alpha value is -1.60. The normalized spacial score (nSPS) is 18.0. The monoisotopic (exact) mass is 366 g/mol. The highest BCUT2D eigenvalue weighted by atomic mass is 19.3. The first-order valence-electron chi connectivity index (χ1n) is 8.39. The van der Waals surface area contributed by atoms with E-state index in [0.717, 1.165) is 4.68 Å². The Labute approximate surface area is 145 Å². The van der Waals surface area contributed by atoms with Crippen LogP contribution in [0.25, 0.3) is 0 Å². The molecule has 2 rings (SSSR count). The molecule has 1 heterocycles. The minimum atomic E-state index is -3.24. The number of esters is 1. The Balaban J connectivity index is 0.00000151. The van der Waals surface area contributed by atoms with E-state index in [0.29, 0.717) is 6.92 Å². The molecule has 0 aromatic carbocycles. The van der Waals surface area contributed by atoms with Crippen molar-refractivity contribution in [3.8, 4) is 0 Å². The lowest BCUT2D eigenvalue weighted by atomic mass is 9.67. The van der Waals surface area contributed by atoms with Crippen molar-refractivity contribution in [3.05, 3.63) is 17.0 Å². The molecule has 0 bridgehead atoms. The van der Waals surface area contributed by atoms with Crippen LogP contribution < -0.4 is 0 Å². The van der Waals surface area contributed by atoms with Gasteiger partial charge >= 0.3 is 5.97 Å². The number of halogens is 4. The molecule has 25 heavy (non-hydrogen) atoms. The molecule has 1 aliphatic carbocycles. The first-order chi connectivity index (χ1) is 11.4. The fourth-order valence-corrected chi connectivity index (χ4v) is 3.21. The predicted molar refractivity (Wildman–Crippen MR) is 86.1 cm³/mol. The van der Waals surface area contributed by atoms with Gasteiger partial charge in [0.2, 0.25) is 5.92 Å². The molecule has 0 saturated heterocycles. The van der Waals surface area contributed by atoms with E-state index in [1.807, 2.05) is 13.8 Å². The van der Waals surface area contributed by atoms with E-state index in [4.69, 9.17) is 4.74 Å². The summed E-state index contributed by atoms with van der Waals surface area (Å²) in [4.78, 5) is 12.1. The number of hydrogen-bond acceptors (Lipinski definition) is 3. The zero-order chi connectivity index (χ0) is 19.6. The van der Waals surface area contributed by atoms with Crippen molar-refractivity contribution < 1.29 is 27.1 Å². The van der Waals surface area contributed by atoms with Gasteiger partial charge in [0.25, 0.3) is 5.92 Å². The molecule has 1 saturated carbocycles. The topological polar surface area (TPSA) is 44.1 Å². The van der Waals surface area contributed by atoms with E-state index in [1.165, 1.54) is 6.92 Å². The minimum absolute atomic E-state index is 0.0191. The van der Waals surface area contributed by atoms with Crippen LogP contribution in [0, 0.1) is 12.3 Å². The van der Waals surface area contributed by atoms with Crippen LogP contribution in [0.2, 0.25) is 0 Å². The van der Waals surface area contributed by atoms with Crippen LogP contribution in [0.5, 0.6) is 0 Å². The third-order valence-electron chi connectivity index (χ3n) is 3.98. The van der Waals surface area contributed by atoms with E-state index in [1.54, 1.807) is 13.8 Å². The lowest BCUT2D eigenvalue weighted by Crippen LogP contribution is -2.47. The molecule has 1 aliphatic rings. The lowest BCUT2D eigenvalue weighted by molar-refractivity contribution is -0.160. The molecule has 0 unspecified atom stereocenters. The summed E-state index contributed by atoms with van der Waals surface area (Å²) in [6.45, 7) is 9.31. The largest absolute Gasteiger partial charge is 0.461 e. The third kappa shape index (κ3) is 4.73. The number of carbonyl (C=O) groups is 1. The Morgan fingerprint density at radius 3 is 2.24 bits per heavy atom. The second kappa shape index (κ2) is 7.33. The number of rotatable bonds is 5. The van der Waals surface area contributed by atoms with E-state index in [9.17, 15) is 22.4 Å². The Morgan fingerprint density at radius 1 is 1.32 bits per heavy atom. The summed E-state index contributed by atoms with van der Waals surface area (Å²) in [5, 5.41) is 3.82.